The maximum atomic E-state index is 13.7. The van der Waals surface area contributed by atoms with E-state index >= 15 is 0 Å². The minimum absolute atomic E-state index is 0.0247. The summed E-state index contributed by atoms with van der Waals surface area (Å²) in [6.07, 6.45) is -0.0247. The van der Waals surface area contributed by atoms with Crippen molar-refractivity contribution < 1.29 is 30.9 Å². The number of fused-ring (bicyclic) bond motifs is 1. The molecule has 0 unspecified atom stereocenters. The van der Waals surface area contributed by atoms with Crippen LogP contribution < -0.4 is 5.43 Å². The largest absolute Gasteiger partial charge is 0.379 e. The zero-order valence-electron chi connectivity index (χ0n) is 17.1. The van der Waals surface area contributed by atoms with Crippen molar-refractivity contribution in [3.8, 4) is 0 Å². The maximum Gasteiger partial charge on any atom is 0.295 e. The minimum atomic E-state index is -3.95. The van der Waals surface area contributed by atoms with E-state index < -0.39 is 36.3 Å². The van der Waals surface area contributed by atoms with Gasteiger partial charge < -0.3 is 4.74 Å². The number of halogens is 1. The van der Waals surface area contributed by atoms with Crippen LogP contribution in [0.25, 0.3) is 0 Å². The molecule has 2 heterocycles. The van der Waals surface area contributed by atoms with Gasteiger partial charge in [-0.05, 0) is 30.3 Å². The lowest BCUT2D eigenvalue weighted by Gasteiger charge is -2.26. The van der Waals surface area contributed by atoms with E-state index in [4.69, 9.17) is 4.74 Å². The van der Waals surface area contributed by atoms with Crippen molar-refractivity contribution in [2.45, 2.75) is 16.2 Å². The molecule has 33 heavy (non-hydrogen) atoms. The highest BCUT2D eigenvalue weighted by molar-refractivity contribution is 7.91. The summed E-state index contributed by atoms with van der Waals surface area (Å²) in [5.41, 5.74) is 2.16. The SMILES string of the molecule is O=[N+]([O-])c1cc(S(=O)(=O)N2CCOCC2)ccc1N/N=C1\CCS(=O)(=O)c2ccc(F)cc21. The molecule has 0 bridgehead atoms. The van der Waals surface area contributed by atoms with E-state index in [0.717, 1.165) is 24.3 Å². The monoisotopic (exact) mass is 498 g/mol. The van der Waals surface area contributed by atoms with Crippen molar-refractivity contribution in [2.75, 3.05) is 37.5 Å². The molecular formula is C19H19FN4O7S2. The molecule has 0 saturated carbocycles. The molecule has 1 N–H and O–H groups in total. The lowest BCUT2D eigenvalue weighted by atomic mass is 10.1. The summed E-state index contributed by atoms with van der Waals surface area (Å²) in [7, 11) is -7.54. The highest BCUT2D eigenvalue weighted by Crippen LogP contribution is 2.31. The van der Waals surface area contributed by atoms with Crippen LogP contribution in [0.4, 0.5) is 15.8 Å². The average Bonchev–Trinajstić information content (AvgIpc) is 2.78. The number of rotatable bonds is 5. The molecule has 0 radical (unpaired) electrons. The third-order valence-electron chi connectivity index (χ3n) is 5.28. The fourth-order valence-corrected chi connectivity index (χ4v) is 6.47. The molecule has 0 aromatic heterocycles. The molecule has 2 aromatic carbocycles. The van der Waals surface area contributed by atoms with Gasteiger partial charge in [0, 0.05) is 31.1 Å². The second-order valence-corrected chi connectivity index (χ2v) is 11.3. The van der Waals surface area contributed by atoms with Gasteiger partial charge in [-0.25, -0.2) is 21.2 Å². The van der Waals surface area contributed by atoms with Crippen LogP contribution in [0.3, 0.4) is 0 Å². The standard InChI is InChI=1S/C19H19FN4O7S2/c20-13-1-4-19-15(11-13)16(5-10-32(19,27)28)21-22-17-3-2-14(12-18(17)24(25)26)33(29,30)23-6-8-31-9-7-23/h1-4,11-12,22H,5-10H2/b21-16+. The highest BCUT2D eigenvalue weighted by Gasteiger charge is 2.30. The van der Waals surface area contributed by atoms with E-state index in [1.54, 1.807) is 0 Å². The topological polar surface area (TPSA) is 148 Å². The number of nitro groups is 1. The molecule has 14 heteroatoms. The fourth-order valence-electron chi connectivity index (χ4n) is 3.57. The van der Waals surface area contributed by atoms with Crippen molar-refractivity contribution in [1.29, 1.82) is 0 Å². The number of hydrazone groups is 1. The third kappa shape index (κ3) is 4.59. The molecule has 0 aliphatic carbocycles. The van der Waals surface area contributed by atoms with E-state index in [9.17, 15) is 31.3 Å². The molecule has 0 spiro atoms. The number of morpholine rings is 1. The molecule has 0 atom stereocenters. The van der Waals surface area contributed by atoms with E-state index in [1.165, 1.54) is 16.4 Å². The first kappa shape index (κ1) is 23.2. The number of nitrogens with zero attached hydrogens (tertiary/aromatic N) is 3. The van der Waals surface area contributed by atoms with Crippen LogP contribution in [-0.2, 0) is 24.6 Å². The lowest BCUT2D eigenvalue weighted by molar-refractivity contribution is -0.384. The van der Waals surface area contributed by atoms with Gasteiger partial charge in [0.2, 0.25) is 10.0 Å². The number of nitrogens with one attached hydrogen (secondary N) is 1. The van der Waals surface area contributed by atoms with Crippen molar-refractivity contribution in [1.82, 2.24) is 4.31 Å². The summed E-state index contributed by atoms with van der Waals surface area (Å²) in [4.78, 5) is 10.5. The Kier molecular flexibility index (Phi) is 6.18. The number of benzene rings is 2. The van der Waals surface area contributed by atoms with Crippen LogP contribution in [0.1, 0.15) is 12.0 Å². The van der Waals surface area contributed by atoms with E-state index in [-0.39, 0.29) is 65.2 Å². The molecule has 11 nitrogen and oxygen atoms in total. The van der Waals surface area contributed by atoms with Gasteiger partial charge >= 0.3 is 0 Å². The summed E-state index contributed by atoms with van der Waals surface area (Å²) in [5.74, 6) is -0.896. The van der Waals surface area contributed by atoms with Gasteiger partial charge in [0.15, 0.2) is 9.84 Å². The first-order chi connectivity index (χ1) is 15.6. The molecule has 1 fully saturated rings. The Morgan fingerprint density at radius 1 is 1.15 bits per heavy atom. The van der Waals surface area contributed by atoms with Gasteiger partial charge in [-0.2, -0.15) is 9.41 Å². The predicted molar refractivity (Wildman–Crippen MR) is 116 cm³/mol. The summed E-state index contributed by atoms with van der Waals surface area (Å²) in [6, 6.07) is 6.60. The zero-order valence-corrected chi connectivity index (χ0v) is 18.7. The van der Waals surface area contributed by atoms with Crippen molar-refractivity contribution in [3.05, 3.63) is 57.9 Å². The molecule has 2 aromatic rings. The number of sulfonamides is 1. The first-order valence-electron chi connectivity index (χ1n) is 9.81. The number of ether oxygens (including phenoxy) is 1. The molecular weight excluding hydrogens is 479 g/mol. The van der Waals surface area contributed by atoms with Gasteiger partial charge in [-0.3, -0.25) is 15.5 Å². The van der Waals surface area contributed by atoms with Gasteiger partial charge in [0.1, 0.15) is 11.5 Å². The normalized spacial score (nSPS) is 19.7. The Labute approximate surface area is 189 Å². The molecule has 2 aliphatic rings. The average molecular weight is 499 g/mol. The number of nitro benzene ring substituents is 1. The van der Waals surface area contributed by atoms with Crippen LogP contribution in [0.5, 0.6) is 0 Å². The fraction of sp³-hybridized carbons (Fsp3) is 0.316. The van der Waals surface area contributed by atoms with Crippen LogP contribution in [0.2, 0.25) is 0 Å². The second kappa shape index (κ2) is 8.78. The number of anilines is 1. The Balaban J connectivity index is 1.67. The lowest BCUT2D eigenvalue weighted by Crippen LogP contribution is -2.40. The van der Waals surface area contributed by atoms with E-state index in [2.05, 4.69) is 10.5 Å². The summed E-state index contributed by atoms with van der Waals surface area (Å²) in [5, 5.41) is 15.7. The quantitative estimate of drug-likeness (QED) is 0.372. The van der Waals surface area contributed by atoms with Gasteiger partial charge in [0.25, 0.3) is 5.69 Å². The van der Waals surface area contributed by atoms with Gasteiger partial charge in [-0.15, -0.1) is 0 Å². The Bertz CT molecular complexity index is 1350. The first-order valence-corrected chi connectivity index (χ1v) is 12.9. The summed E-state index contributed by atoms with van der Waals surface area (Å²) >= 11 is 0. The molecule has 176 valence electrons. The number of hydrogen-bond donors (Lipinski definition) is 1. The summed E-state index contributed by atoms with van der Waals surface area (Å²) < 4.78 is 70.2. The number of sulfone groups is 1. The molecule has 1 saturated heterocycles. The molecule has 0 amide bonds. The molecule has 4 rings (SSSR count). The predicted octanol–water partition coefficient (Wildman–Crippen LogP) is 1.75. The Morgan fingerprint density at radius 3 is 2.58 bits per heavy atom. The maximum absolute atomic E-state index is 13.7. The van der Waals surface area contributed by atoms with Crippen LogP contribution in [0.15, 0.2) is 51.3 Å². The Hall–Kier alpha value is -2.94. The van der Waals surface area contributed by atoms with E-state index in [1.807, 2.05) is 0 Å². The smallest absolute Gasteiger partial charge is 0.295 e. The van der Waals surface area contributed by atoms with Crippen molar-refractivity contribution in [2.24, 2.45) is 5.10 Å². The van der Waals surface area contributed by atoms with E-state index in [0.29, 0.717) is 0 Å². The second-order valence-electron chi connectivity index (χ2n) is 7.33. The highest BCUT2D eigenvalue weighted by atomic mass is 32.2. The van der Waals surface area contributed by atoms with Crippen molar-refractivity contribution >= 4 is 36.9 Å². The summed E-state index contributed by atoms with van der Waals surface area (Å²) in [6.45, 7) is 0.748. The minimum Gasteiger partial charge on any atom is -0.379 e. The van der Waals surface area contributed by atoms with Crippen LogP contribution in [-0.4, -0.2) is 63.8 Å². The third-order valence-corrected chi connectivity index (χ3v) is 8.94. The number of hydrogen-bond acceptors (Lipinski definition) is 9. The van der Waals surface area contributed by atoms with Gasteiger partial charge in [-0.1, -0.05) is 0 Å². The Morgan fingerprint density at radius 2 is 1.88 bits per heavy atom. The van der Waals surface area contributed by atoms with Crippen LogP contribution in [0, 0.1) is 15.9 Å². The van der Waals surface area contributed by atoms with Crippen LogP contribution >= 0.6 is 0 Å². The molecule has 2 aliphatic heterocycles. The zero-order chi connectivity index (χ0) is 23.8. The van der Waals surface area contributed by atoms with Gasteiger partial charge in [0.05, 0.1) is 39.4 Å². The van der Waals surface area contributed by atoms with Crippen molar-refractivity contribution in [3.63, 3.8) is 0 Å².